The zero-order valence-corrected chi connectivity index (χ0v) is 18.3. The van der Waals surface area contributed by atoms with Gasteiger partial charge in [-0.05, 0) is 48.7 Å². The largest absolute Gasteiger partial charge is 0.497 e. The Kier molecular flexibility index (Phi) is 8.56. The maximum absolute atomic E-state index is 5.21. The minimum Gasteiger partial charge on any atom is -0.497 e. The third-order valence-electron chi connectivity index (χ3n) is 4.94. The molecular formula is C23H32N4OS. The van der Waals surface area contributed by atoms with Gasteiger partial charge < -0.3 is 20.3 Å². The highest BCUT2D eigenvalue weighted by Crippen LogP contribution is 2.20. The van der Waals surface area contributed by atoms with Crippen LogP contribution < -0.4 is 20.3 Å². The number of nitrogens with zero attached hydrogens (tertiary/aromatic N) is 2. The zero-order chi connectivity index (χ0) is 20.3. The van der Waals surface area contributed by atoms with Crippen molar-refractivity contribution in [3.8, 4) is 5.75 Å². The third kappa shape index (κ3) is 6.89. The fourth-order valence-electron chi connectivity index (χ4n) is 3.26. The molecule has 1 aliphatic heterocycles. The summed E-state index contributed by atoms with van der Waals surface area (Å²) < 4.78 is 5.21. The second kappa shape index (κ2) is 11.6. The third-order valence-corrected chi connectivity index (χ3v) is 5.88. The monoisotopic (exact) mass is 412 g/mol. The van der Waals surface area contributed by atoms with E-state index < -0.39 is 0 Å². The SMILES string of the molecule is CCNC(=NCc1ccc(N2CCSCC2)cc1)NCCc1ccc(OC)cc1. The van der Waals surface area contributed by atoms with Crippen molar-refractivity contribution in [2.45, 2.75) is 19.9 Å². The molecule has 0 radical (unpaired) electrons. The molecule has 0 amide bonds. The highest BCUT2D eigenvalue weighted by Gasteiger charge is 2.10. The Morgan fingerprint density at radius 2 is 1.69 bits per heavy atom. The molecule has 0 unspecified atom stereocenters. The first-order valence-electron chi connectivity index (χ1n) is 10.3. The van der Waals surface area contributed by atoms with E-state index in [9.17, 15) is 0 Å². The van der Waals surface area contributed by atoms with Crippen molar-refractivity contribution in [3.63, 3.8) is 0 Å². The van der Waals surface area contributed by atoms with Gasteiger partial charge in [-0.3, -0.25) is 0 Å². The molecule has 0 atom stereocenters. The summed E-state index contributed by atoms with van der Waals surface area (Å²) in [6.45, 7) is 6.74. The minimum atomic E-state index is 0.675. The summed E-state index contributed by atoms with van der Waals surface area (Å²) in [7, 11) is 1.69. The molecule has 0 aliphatic carbocycles. The second-order valence-electron chi connectivity index (χ2n) is 6.99. The zero-order valence-electron chi connectivity index (χ0n) is 17.5. The number of guanidine groups is 1. The summed E-state index contributed by atoms with van der Waals surface area (Å²) in [6.07, 6.45) is 0.942. The van der Waals surface area contributed by atoms with Crippen molar-refractivity contribution in [1.29, 1.82) is 0 Å². The van der Waals surface area contributed by atoms with Gasteiger partial charge in [0.15, 0.2) is 5.96 Å². The summed E-state index contributed by atoms with van der Waals surface area (Å²) in [6, 6.07) is 17.1. The van der Waals surface area contributed by atoms with Crippen molar-refractivity contribution in [2.24, 2.45) is 4.99 Å². The molecule has 1 aliphatic rings. The van der Waals surface area contributed by atoms with Crippen LogP contribution in [0.3, 0.4) is 0 Å². The Labute approximate surface area is 178 Å². The predicted molar refractivity (Wildman–Crippen MR) is 125 cm³/mol. The van der Waals surface area contributed by atoms with E-state index in [1.807, 2.05) is 23.9 Å². The van der Waals surface area contributed by atoms with Gasteiger partial charge in [-0.1, -0.05) is 24.3 Å². The van der Waals surface area contributed by atoms with E-state index in [2.05, 4.69) is 58.9 Å². The first-order valence-corrected chi connectivity index (χ1v) is 11.5. The fourth-order valence-corrected chi connectivity index (χ4v) is 4.17. The van der Waals surface area contributed by atoms with Crippen LogP contribution in [0, 0.1) is 0 Å². The topological polar surface area (TPSA) is 48.9 Å². The number of hydrogen-bond acceptors (Lipinski definition) is 4. The van der Waals surface area contributed by atoms with Crippen LogP contribution in [0.15, 0.2) is 53.5 Å². The molecule has 2 aromatic carbocycles. The van der Waals surface area contributed by atoms with Crippen molar-refractivity contribution < 1.29 is 4.74 Å². The van der Waals surface area contributed by atoms with E-state index in [1.165, 1.54) is 28.3 Å². The van der Waals surface area contributed by atoms with Gasteiger partial charge in [-0.2, -0.15) is 11.8 Å². The molecule has 1 saturated heterocycles. The molecule has 29 heavy (non-hydrogen) atoms. The van der Waals surface area contributed by atoms with Crippen molar-refractivity contribution >= 4 is 23.4 Å². The molecule has 0 spiro atoms. The Morgan fingerprint density at radius 3 is 2.34 bits per heavy atom. The molecule has 3 rings (SSSR count). The van der Waals surface area contributed by atoms with Gasteiger partial charge >= 0.3 is 0 Å². The van der Waals surface area contributed by atoms with E-state index in [1.54, 1.807) is 7.11 Å². The Balaban J connectivity index is 1.50. The lowest BCUT2D eigenvalue weighted by Crippen LogP contribution is -2.38. The molecule has 0 saturated carbocycles. The van der Waals surface area contributed by atoms with Crippen LogP contribution in [0.4, 0.5) is 5.69 Å². The van der Waals surface area contributed by atoms with Crippen LogP contribution in [0.25, 0.3) is 0 Å². The molecule has 0 aromatic heterocycles. The lowest BCUT2D eigenvalue weighted by Gasteiger charge is -2.28. The number of ether oxygens (including phenoxy) is 1. The Hall–Kier alpha value is -2.34. The lowest BCUT2D eigenvalue weighted by molar-refractivity contribution is 0.414. The van der Waals surface area contributed by atoms with E-state index in [0.29, 0.717) is 6.54 Å². The number of aliphatic imine (C=N–C) groups is 1. The van der Waals surface area contributed by atoms with E-state index in [-0.39, 0.29) is 0 Å². The van der Waals surface area contributed by atoms with Crippen molar-refractivity contribution in [3.05, 3.63) is 59.7 Å². The number of nitrogens with one attached hydrogen (secondary N) is 2. The number of anilines is 1. The number of hydrogen-bond donors (Lipinski definition) is 2. The molecule has 6 heteroatoms. The Bertz CT molecular complexity index is 755. The van der Waals surface area contributed by atoms with Crippen LogP contribution in [-0.4, -0.2) is 50.8 Å². The Morgan fingerprint density at radius 1 is 1.00 bits per heavy atom. The number of benzene rings is 2. The van der Waals surface area contributed by atoms with Crippen LogP contribution in [0.5, 0.6) is 5.75 Å². The minimum absolute atomic E-state index is 0.675. The smallest absolute Gasteiger partial charge is 0.191 e. The van der Waals surface area contributed by atoms with E-state index in [0.717, 1.165) is 44.3 Å². The van der Waals surface area contributed by atoms with Crippen LogP contribution in [0.1, 0.15) is 18.1 Å². The quantitative estimate of drug-likeness (QED) is 0.513. The van der Waals surface area contributed by atoms with Gasteiger partial charge in [0.2, 0.25) is 0 Å². The van der Waals surface area contributed by atoms with Gasteiger partial charge in [0.05, 0.1) is 13.7 Å². The predicted octanol–water partition coefficient (Wildman–Crippen LogP) is 3.55. The second-order valence-corrected chi connectivity index (χ2v) is 8.21. The molecule has 1 heterocycles. The average molecular weight is 413 g/mol. The summed E-state index contributed by atoms with van der Waals surface area (Å²) in [5.41, 5.74) is 3.83. The highest BCUT2D eigenvalue weighted by atomic mass is 32.2. The molecule has 2 aromatic rings. The summed E-state index contributed by atoms with van der Waals surface area (Å²) in [4.78, 5) is 7.21. The molecule has 0 bridgehead atoms. The average Bonchev–Trinajstić information content (AvgIpc) is 2.79. The van der Waals surface area contributed by atoms with Gasteiger partial charge in [-0.15, -0.1) is 0 Å². The first-order chi connectivity index (χ1) is 14.3. The summed E-state index contributed by atoms with van der Waals surface area (Å²) >= 11 is 2.04. The van der Waals surface area contributed by atoms with Gasteiger partial charge in [-0.25, -0.2) is 4.99 Å². The lowest BCUT2D eigenvalue weighted by atomic mass is 10.1. The van der Waals surface area contributed by atoms with Crippen molar-refractivity contribution in [2.75, 3.05) is 49.7 Å². The molecule has 5 nitrogen and oxygen atoms in total. The van der Waals surface area contributed by atoms with Crippen LogP contribution in [0.2, 0.25) is 0 Å². The summed E-state index contributed by atoms with van der Waals surface area (Å²) in [5.74, 6) is 4.19. The molecule has 1 fully saturated rings. The maximum Gasteiger partial charge on any atom is 0.191 e. The van der Waals surface area contributed by atoms with Crippen LogP contribution >= 0.6 is 11.8 Å². The van der Waals surface area contributed by atoms with Gasteiger partial charge in [0.25, 0.3) is 0 Å². The molecule has 156 valence electrons. The van der Waals surface area contributed by atoms with E-state index in [4.69, 9.17) is 9.73 Å². The van der Waals surface area contributed by atoms with Crippen molar-refractivity contribution in [1.82, 2.24) is 10.6 Å². The summed E-state index contributed by atoms with van der Waals surface area (Å²) in [5, 5.41) is 6.76. The first kappa shape index (κ1) is 21.4. The fraction of sp³-hybridized carbons (Fsp3) is 0.435. The number of rotatable bonds is 8. The van der Waals surface area contributed by atoms with E-state index >= 15 is 0 Å². The number of thioether (sulfide) groups is 1. The van der Waals surface area contributed by atoms with Gasteiger partial charge in [0.1, 0.15) is 5.75 Å². The normalized spacial score (nSPS) is 14.6. The number of methoxy groups -OCH3 is 1. The standard InChI is InChI=1S/C23H32N4OS/c1-3-24-23(25-13-12-19-6-10-22(28-2)11-7-19)26-18-20-4-8-21(9-5-20)27-14-16-29-17-15-27/h4-11H,3,12-18H2,1-2H3,(H2,24,25,26). The van der Waals surface area contributed by atoms with Crippen LogP contribution in [-0.2, 0) is 13.0 Å². The van der Waals surface area contributed by atoms with Gasteiger partial charge in [0, 0.05) is 43.4 Å². The maximum atomic E-state index is 5.21. The molecule has 2 N–H and O–H groups in total. The molecular weight excluding hydrogens is 380 g/mol. The highest BCUT2D eigenvalue weighted by molar-refractivity contribution is 7.99.